The van der Waals surface area contributed by atoms with Crippen LogP contribution in [0.2, 0.25) is 0 Å². The SMILES string of the molecule is CC(CO)(CO)NCCF. The normalized spacial score (nSPS) is 12.0. The lowest BCUT2D eigenvalue weighted by Crippen LogP contribution is -2.49. The average Bonchev–Trinajstić information content (AvgIpc) is 2.00. The first kappa shape index (κ1) is 9.81. The van der Waals surface area contributed by atoms with Gasteiger partial charge in [-0.2, -0.15) is 0 Å². The second-order valence-electron chi connectivity index (χ2n) is 2.49. The maximum Gasteiger partial charge on any atom is 0.102 e. The first-order valence-electron chi connectivity index (χ1n) is 3.21. The van der Waals surface area contributed by atoms with Crippen molar-refractivity contribution >= 4 is 0 Å². The molecule has 0 aromatic carbocycles. The quantitative estimate of drug-likeness (QED) is 0.486. The second-order valence-corrected chi connectivity index (χ2v) is 2.49. The lowest BCUT2D eigenvalue weighted by atomic mass is 10.1. The summed E-state index contributed by atoms with van der Waals surface area (Å²) in [6.07, 6.45) is 0. The van der Waals surface area contributed by atoms with Gasteiger partial charge in [0, 0.05) is 6.54 Å². The van der Waals surface area contributed by atoms with E-state index in [4.69, 9.17) is 10.2 Å². The molecule has 0 unspecified atom stereocenters. The second kappa shape index (κ2) is 4.60. The molecule has 4 heteroatoms. The molecular weight excluding hydrogens is 137 g/mol. The number of nitrogens with one attached hydrogen (secondary N) is 1. The van der Waals surface area contributed by atoms with Crippen LogP contribution in [0.15, 0.2) is 0 Å². The summed E-state index contributed by atoms with van der Waals surface area (Å²) < 4.78 is 11.6. The van der Waals surface area contributed by atoms with Crippen molar-refractivity contribution in [2.45, 2.75) is 12.5 Å². The third-order valence-corrected chi connectivity index (χ3v) is 1.34. The Hall–Kier alpha value is -0.190. The molecule has 0 spiro atoms. The minimum Gasteiger partial charge on any atom is -0.394 e. The topological polar surface area (TPSA) is 52.5 Å². The van der Waals surface area contributed by atoms with Crippen LogP contribution in [-0.2, 0) is 0 Å². The van der Waals surface area contributed by atoms with E-state index >= 15 is 0 Å². The van der Waals surface area contributed by atoms with Crippen LogP contribution >= 0.6 is 0 Å². The Bertz CT molecular complexity index is 85.8. The summed E-state index contributed by atoms with van der Waals surface area (Å²) in [5, 5.41) is 20.0. The van der Waals surface area contributed by atoms with Gasteiger partial charge in [0.05, 0.1) is 18.8 Å². The Morgan fingerprint density at radius 2 is 1.90 bits per heavy atom. The van der Waals surface area contributed by atoms with Crippen molar-refractivity contribution in [3.8, 4) is 0 Å². The molecule has 62 valence electrons. The standard InChI is InChI=1S/C6H14FNO2/c1-6(4-9,5-10)8-3-2-7/h8-10H,2-5H2,1H3. The van der Waals surface area contributed by atoms with Crippen LogP contribution in [0.4, 0.5) is 4.39 Å². The maximum absolute atomic E-state index is 11.6. The van der Waals surface area contributed by atoms with Gasteiger partial charge < -0.3 is 15.5 Å². The number of rotatable bonds is 5. The highest BCUT2D eigenvalue weighted by atomic mass is 19.1. The van der Waals surface area contributed by atoms with Gasteiger partial charge in [0.25, 0.3) is 0 Å². The van der Waals surface area contributed by atoms with E-state index in [0.29, 0.717) is 0 Å². The predicted molar refractivity (Wildman–Crippen MR) is 36.6 cm³/mol. The molecule has 0 saturated carbocycles. The Morgan fingerprint density at radius 1 is 1.40 bits per heavy atom. The fourth-order valence-corrected chi connectivity index (χ4v) is 0.511. The van der Waals surface area contributed by atoms with Crippen LogP contribution in [0.1, 0.15) is 6.92 Å². The zero-order valence-corrected chi connectivity index (χ0v) is 6.10. The summed E-state index contributed by atoms with van der Waals surface area (Å²) in [6.45, 7) is 0.920. The fourth-order valence-electron chi connectivity index (χ4n) is 0.511. The molecule has 0 heterocycles. The highest BCUT2D eigenvalue weighted by Gasteiger charge is 2.20. The predicted octanol–water partition coefficient (Wildman–Crippen LogP) is -0.711. The molecule has 0 rings (SSSR count). The molecule has 0 bridgehead atoms. The largest absolute Gasteiger partial charge is 0.394 e. The van der Waals surface area contributed by atoms with E-state index in [0.717, 1.165) is 0 Å². The van der Waals surface area contributed by atoms with E-state index < -0.39 is 12.2 Å². The summed E-state index contributed by atoms with van der Waals surface area (Å²) in [4.78, 5) is 0. The molecule has 0 aliphatic rings. The summed E-state index contributed by atoms with van der Waals surface area (Å²) in [6, 6.07) is 0. The van der Waals surface area contributed by atoms with Crippen LogP contribution in [0.5, 0.6) is 0 Å². The molecule has 3 nitrogen and oxygen atoms in total. The lowest BCUT2D eigenvalue weighted by Gasteiger charge is -2.25. The van der Waals surface area contributed by atoms with Gasteiger partial charge in [0.2, 0.25) is 0 Å². The van der Waals surface area contributed by atoms with E-state index in [2.05, 4.69) is 5.32 Å². The number of halogens is 1. The van der Waals surface area contributed by atoms with Crippen LogP contribution in [0.3, 0.4) is 0 Å². The molecule has 0 aliphatic heterocycles. The van der Waals surface area contributed by atoms with Gasteiger partial charge >= 0.3 is 0 Å². The molecule has 0 aliphatic carbocycles. The van der Waals surface area contributed by atoms with Crippen molar-refractivity contribution in [3.63, 3.8) is 0 Å². The summed E-state index contributed by atoms with van der Waals surface area (Å²) >= 11 is 0. The molecular formula is C6H14FNO2. The zero-order chi connectivity index (χ0) is 8.04. The number of aliphatic hydroxyl groups excluding tert-OH is 2. The van der Waals surface area contributed by atoms with Gasteiger partial charge in [0.15, 0.2) is 0 Å². The molecule has 0 amide bonds. The van der Waals surface area contributed by atoms with Crippen LogP contribution in [-0.4, -0.2) is 42.2 Å². The first-order chi connectivity index (χ1) is 4.68. The van der Waals surface area contributed by atoms with E-state index in [9.17, 15) is 4.39 Å². The van der Waals surface area contributed by atoms with E-state index in [-0.39, 0.29) is 19.8 Å². The zero-order valence-electron chi connectivity index (χ0n) is 6.10. The third kappa shape index (κ3) is 3.10. The van der Waals surface area contributed by atoms with Crippen molar-refractivity contribution in [3.05, 3.63) is 0 Å². The number of hydrogen-bond acceptors (Lipinski definition) is 3. The average molecular weight is 151 g/mol. The number of aliphatic hydroxyl groups is 2. The number of hydrogen-bond donors (Lipinski definition) is 3. The summed E-state index contributed by atoms with van der Waals surface area (Å²) in [5.74, 6) is 0. The Labute approximate surface area is 59.9 Å². The number of alkyl halides is 1. The van der Waals surface area contributed by atoms with Crippen molar-refractivity contribution in [1.82, 2.24) is 5.32 Å². The van der Waals surface area contributed by atoms with Crippen LogP contribution in [0, 0.1) is 0 Å². The minimum absolute atomic E-state index is 0.164. The van der Waals surface area contributed by atoms with Gasteiger partial charge in [-0.25, -0.2) is 4.39 Å². The molecule has 3 N–H and O–H groups in total. The van der Waals surface area contributed by atoms with E-state index in [1.165, 1.54) is 0 Å². The third-order valence-electron chi connectivity index (χ3n) is 1.34. The summed E-state index contributed by atoms with van der Waals surface area (Å²) in [5.41, 5.74) is -0.744. The maximum atomic E-state index is 11.6. The Kier molecular flexibility index (Phi) is 4.51. The van der Waals surface area contributed by atoms with Crippen molar-refractivity contribution in [2.75, 3.05) is 26.4 Å². The van der Waals surface area contributed by atoms with Gasteiger partial charge in [0.1, 0.15) is 6.67 Å². The molecule has 0 aromatic heterocycles. The van der Waals surface area contributed by atoms with Crippen LogP contribution < -0.4 is 5.32 Å². The monoisotopic (exact) mass is 151 g/mol. The highest BCUT2D eigenvalue weighted by Crippen LogP contribution is 1.98. The molecule has 0 saturated heterocycles. The highest BCUT2D eigenvalue weighted by molar-refractivity contribution is 4.80. The molecule has 0 aromatic rings. The summed E-state index contributed by atoms with van der Waals surface area (Å²) in [7, 11) is 0. The Morgan fingerprint density at radius 3 is 2.20 bits per heavy atom. The van der Waals surface area contributed by atoms with Crippen molar-refractivity contribution in [2.24, 2.45) is 0 Å². The molecule has 10 heavy (non-hydrogen) atoms. The van der Waals surface area contributed by atoms with Crippen LogP contribution in [0.25, 0.3) is 0 Å². The molecule has 0 atom stereocenters. The first-order valence-corrected chi connectivity index (χ1v) is 3.21. The van der Waals surface area contributed by atoms with Crippen molar-refractivity contribution in [1.29, 1.82) is 0 Å². The van der Waals surface area contributed by atoms with E-state index in [1.54, 1.807) is 6.92 Å². The van der Waals surface area contributed by atoms with Gasteiger partial charge in [-0.1, -0.05) is 0 Å². The fraction of sp³-hybridized carbons (Fsp3) is 1.00. The van der Waals surface area contributed by atoms with E-state index in [1.807, 2.05) is 0 Å². The molecule has 0 radical (unpaired) electrons. The Balaban J connectivity index is 3.58. The smallest absolute Gasteiger partial charge is 0.102 e. The van der Waals surface area contributed by atoms with Gasteiger partial charge in [-0.15, -0.1) is 0 Å². The lowest BCUT2D eigenvalue weighted by molar-refractivity contribution is 0.103. The minimum atomic E-state index is -0.744. The van der Waals surface area contributed by atoms with Gasteiger partial charge in [-0.05, 0) is 6.92 Å². The molecule has 0 fully saturated rings. The van der Waals surface area contributed by atoms with Gasteiger partial charge in [-0.3, -0.25) is 0 Å². The van der Waals surface area contributed by atoms with Crippen molar-refractivity contribution < 1.29 is 14.6 Å².